The summed E-state index contributed by atoms with van der Waals surface area (Å²) in [6.45, 7) is 17.6. The summed E-state index contributed by atoms with van der Waals surface area (Å²) >= 11 is 10.4. The summed E-state index contributed by atoms with van der Waals surface area (Å²) in [4.78, 5) is 91.7. The fourth-order valence-electron chi connectivity index (χ4n) is 5.16. The van der Waals surface area contributed by atoms with Crippen LogP contribution in [0.2, 0.25) is 0 Å². The number of amides is 6. The van der Waals surface area contributed by atoms with Crippen LogP contribution in [-0.2, 0) is 9.47 Å². The van der Waals surface area contributed by atoms with Gasteiger partial charge in [-0.2, -0.15) is 0 Å². The molecule has 0 aliphatic heterocycles. The zero-order valence-electron chi connectivity index (χ0n) is 42.1. The number of benzene rings is 3. The number of rotatable bonds is 22. The zero-order valence-corrected chi connectivity index (χ0v) is 43.6. The first-order chi connectivity index (χ1) is 33.5. The van der Waals surface area contributed by atoms with Crippen molar-refractivity contribution in [1.82, 2.24) is 31.9 Å². The van der Waals surface area contributed by atoms with Crippen molar-refractivity contribution in [1.29, 1.82) is 0 Å². The Kier molecular flexibility index (Phi) is 36.4. The first-order valence-corrected chi connectivity index (χ1v) is 24.1. The lowest BCUT2D eigenvalue weighted by atomic mass is 10.1. The van der Waals surface area contributed by atoms with Gasteiger partial charge in [0.25, 0.3) is 34.1 Å². The molecular weight excluding hydrogens is 970 g/mol. The molecule has 0 spiro atoms. The molecule has 0 aliphatic carbocycles. The molecule has 0 heterocycles. The van der Waals surface area contributed by atoms with Gasteiger partial charge in [0, 0.05) is 72.6 Å². The van der Waals surface area contributed by atoms with Crippen LogP contribution >= 0.6 is 23.2 Å². The molecular formula is C51H79Cl2N9O10. The quantitative estimate of drug-likeness (QED) is 0.0377. The molecule has 0 aromatic heterocycles. The van der Waals surface area contributed by atoms with E-state index in [9.17, 15) is 38.4 Å². The molecule has 3 aromatic carbocycles. The number of ether oxygens (including phenoxy) is 2. The molecule has 12 N–H and O–H groups in total. The van der Waals surface area contributed by atoms with Gasteiger partial charge in [-0.1, -0.05) is 51.1 Å². The molecule has 72 heavy (non-hydrogen) atoms. The van der Waals surface area contributed by atoms with E-state index < -0.39 is 27.8 Å². The predicted molar refractivity (Wildman–Crippen MR) is 285 cm³/mol. The van der Waals surface area contributed by atoms with E-state index in [1.165, 1.54) is 18.2 Å². The topological polar surface area (TPSA) is 305 Å². The average Bonchev–Trinajstić information content (AvgIpc) is 3.31. The first kappa shape index (κ1) is 68.0. The van der Waals surface area contributed by atoms with Crippen LogP contribution in [0.5, 0.6) is 0 Å². The summed E-state index contributed by atoms with van der Waals surface area (Å²) < 4.78 is 10.1. The normalized spacial score (nSPS) is 10.3. The highest BCUT2D eigenvalue weighted by Crippen LogP contribution is 2.11. The van der Waals surface area contributed by atoms with E-state index in [2.05, 4.69) is 38.8 Å². The molecule has 402 valence electrons. The number of alkyl carbamates (subject to hydrolysis) is 2. The number of unbranched alkanes of at least 4 members (excludes halogenated alkanes) is 1. The summed E-state index contributed by atoms with van der Waals surface area (Å²) in [5, 5.41) is 15.1. The van der Waals surface area contributed by atoms with Crippen molar-refractivity contribution in [3.63, 3.8) is 0 Å². The molecule has 0 atom stereocenters. The van der Waals surface area contributed by atoms with Crippen molar-refractivity contribution in [2.24, 2.45) is 17.2 Å². The maximum absolute atomic E-state index is 12.2. The van der Waals surface area contributed by atoms with Crippen LogP contribution < -0.4 is 49.1 Å². The highest BCUT2D eigenvalue weighted by Gasteiger charge is 2.17. The van der Waals surface area contributed by atoms with E-state index >= 15 is 0 Å². The molecule has 0 radical (unpaired) electrons. The second-order valence-corrected chi connectivity index (χ2v) is 18.0. The van der Waals surface area contributed by atoms with Gasteiger partial charge in [-0.15, -0.1) is 0 Å². The fraction of sp³-hybridized carbons (Fsp3) is 0.490. The second-order valence-electron chi connectivity index (χ2n) is 17.3. The predicted octanol–water partition coefficient (Wildman–Crippen LogP) is 6.65. The van der Waals surface area contributed by atoms with Crippen LogP contribution in [0.4, 0.5) is 9.59 Å². The summed E-state index contributed by atoms with van der Waals surface area (Å²) in [7, 11) is 0. The van der Waals surface area contributed by atoms with Crippen molar-refractivity contribution in [3.05, 3.63) is 106 Å². The van der Waals surface area contributed by atoms with Gasteiger partial charge in [-0.3, -0.25) is 28.8 Å². The molecule has 0 bridgehead atoms. The standard InChI is InChI=1S/C20H31N3O4.C14H22N4O2.C8H4Cl2O2.C8H18N2O2.CH4/c1-5-6-11-21-17(24)15-9-7-10-16(14-15)18(25)22-12-8-13-23-19(26)27-20(2,3)4;15-6-2-8-17-13(19)11-4-1-5-12(10-11)14(20)18-9-3-7-16;9-7(11)5-2-1-3-6(4-5)8(10)12;1-8(2,3)12-7(11)10-6-4-5-9;/h7,9-10,14H,5-6,8,11-13H2,1-4H3,(H,21,24)(H,22,25)(H,23,26);1,4-5,10H,2-3,6-9,15-16H2,(H,17,19)(H,18,20);1-4H;4-6,9H2,1-3H3,(H,10,11);1H4. The molecule has 21 heteroatoms. The van der Waals surface area contributed by atoms with Crippen LogP contribution in [0.1, 0.15) is 157 Å². The lowest BCUT2D eigenvalue weighted by molar-refractivity contribution is 0.0516. The Morgan fingerprint density at radius 1 is 0.431 bits per heavy atom. The third-order valence-electron chi connectivity index (χ3n) is 8.60. The molecule has 6 amide bonds. The summed E-state index contributed by atoms with van der Waals surface area (Å²) in [6.07, 6.45) is 3.87. The Morgan fingerprint density at radius 2 is 0.681 bits per heavy atom. The van der Waals surface area contributed by atoms with Crippen LogP contribution in [-0.4, -0.2) is 116 Å². The fourth-order valence-corrected chi connectivity index (χ4v) is 5.40. The number of hydrogen-bond acceptors (Lipinski definition) is 13. The molecule has 19 nitrogen and oxygen atoms in total. The maximum Gasteiger partial charge on any atom is 0.407 e. The minimum atomic E-state index is -0.602. The van der Waals surface area contributed by atoms with Crippen molar-refractivity contribution < 1.29 is 47.8 Å². The number of halogens is 2. The van der Waals surface area contributed by atoms with Crippen molar-refractivity contribution in [3.8, 4) is 0 Å². The minimum Gasteiger partial charge on any atom is -0.444 e. The Balaban J connectivity index is 0. The Morgan fingerprint density at radius 3 is 0.958 bits per heavy atom. The van der Waals surface area contributed by atoms with Crippen molar-refractivity contribution in [2.75, 3.05) is 58.9 Å². The third-order valence-corrected chi connectivity index (χ3v) is 9.03. The largest absolute Gasteiger partial charge is 0.444 e. The highest BCUT2D eigenvalue weighted by atomic mass is 35.5. The number of nitrogens with two attached hydrogens (primary N) is 3. The van der Waals surface area contributed by atoms with Crippen LogP contribution in [0.25, 0.3) is 0 Å². The molecule has 3 rings (SSSR count). The number of carbonyl (C=O) groups is 8. The molecule has 0 aliphatic rings. The Bertz CT molecular complexity index is 2060. The summed E-state index contributed by atoms with van der Waals surface area (Å²) in [5.41, 5.74) is 17.4. The highest BCUT2D eigenvalue weighted by molar-refractivity contribution is 6.69. The Hall–Kier alpha value is -6.12. The van der Waals surface area contributed by atoms with Gasteiger partial charge in [-0.25, -0.2) is 9.59 Å². The van der Waals surface area contributed by atoms with E-state index in [0.29, 0.717) is 87.6 Å². The van der Waals surface area contributed by atoms with E-state index in [0.717, 1.165) is 32.1 Å². The monoisotopic (exact) mass is 1050 g/mol. The van der Waals surface area contributed by atoms with Crippen molar-refractivity contribution >= 4 is 69.5 Å². The minimum absolute atomic E-state index is 0. The van der Waals surface area contributed by atoms with Gasteiger partial charge in [0.2, 0.25) is 0 Å². The number of carbonyl (C=O) groups excluding carboxylic acids is 8. The lowest BCUT2D eigenvalue weighted by Gasteiger charge is -2.19. The van der Waals surface area contributed by atoms with E-state index in [1.807, 2.05) is 20.8 Å². The van der Waals surface area contributed by atoms with Crippen molar-refractivity contribution in [2.45, 2.75) is 106 Å². The number of nitrogens with one attached hydrogen (secondary N) is 6. The molecule has 0 fully saturated rings. The molecule has 0 saturated heterocycles. The van der Waals surface area contributed by atoms with Gasteiger partial charge in [0.1, 0.15) is 11.2 Å². The third kappa shape index (κ3) is 34.2. The van der Waals surface area contributed by atoms with Gasteiger partial charge in [-0.05, 0) is 159 Å². The lowest BCUT2D eigenvalue weighted by Crippen LogP contribution is -2.34. The zero-order chi connectivity index (χ0) is 53.8. The van der Waals surface area contributed by atoms with Gasteiger partial charge < -0.3 is 58.6 Å². The van der Waals surface area contributed by atoms with Crippen LogP contribution in [0, 0.1) is 0 Å². The summed E-state index contributed by atoms with van der Waals surface area (Å²) in [6, 6.07) is 19.2. The first-order valence-electron chi connectivity index (χ1n) is 23.3. The molecule has 0 saturated carbocycles. The van der Waals surface area contributed by atoms with Crippen LogP contribution in [0.3, 0.4) is 0 Å². The maximum atomic E-state index is 12.2. The van der Waals surface area contributed by atoms with E-state index in [1.54, 1.807) is 75.4 Å². The van der Waals surface area contributed by atoms with E-state index in [4.69, 9.17) is 49.9 Å². The molecule has 3 aromatic rings. The Labute approximate surface area is 435 Å². The van der Waals surface area contributed by atoms with Crippen LogP contribution in [0.15, 0.2) is 72.8 Å². The van der Waals surface area contributed by atoms with Gasteiger partial charge in [0.05, 0.1) is 0 Å². The van der Waals surface area contributed by atoms with Gasteiger partial charge >= 0.3 is 12.2 Å². The number of hydrogen-bond donors (Lipinski definition) is 9. The van der Waals surface area contributed by atoms with E-state index in [-0.39, 0.29) is 48.3 Å². The average molecular weight is 1050 g/mol. The second kappa shape index (κ2) is 38.5. The summed E-state index contributed by atoms with van der Waals surface area (Å²) in [5.74, 6) is -0.833. The SMILES string of the molecule is C.CC(C)(C)OC(=O)NCCCN.CCCCNC(=O)c1cccc(C(=O)NCCCNC(=O)OC(C)(C)C)c1.NCCCNC(=O)c1cccc(C(=O)NCCCN)c1.O=C(Cl)c1cccc(C(=O)Cl)c1. The molecule has 0 unspecified atom stereocenters. The smallest absolute Gasteiger partial charge is 0.407 e. The van der Waals surface area contributed by atoms with Gasteiger partial charge in [0.15, 0.2) is 0 Å².